The average molecular weight is 428 g/mol. The van der Waals surface area contributed by atoms with E-state index in [1.165, 1.54) is 17.8 Å². The first-order valence-electron chi connectivity index (χ1n) is 10.8. The lowest BCUT2D eigenvalue weighted by Crippen LogP contribution is -2.29. The summed E-state index contributed by atoms with van der Waals surface area (Å²) in [7, 11) is 0. The number of unbranched alkanes of at least 4 members (excludes halogenated alkanes) is 3. The molecule has 0 aliphatic carbocycles. The molecule has 2 aromatic carbocycles. The number of aryl methyl sites for hydroxylation is 2. The number of fused-ring (bicyclic) bond motifs is 1. The smallest absolute Gasteiger partial charge is 0.257 e. The van der Waals surface area contributed by atoms with Gasteiger partial charge in [-0.2, -0.15) is 0 Å². The van der Waals surface area contributed by atoms with Crippen LogP contribution in [0.3, 0.4) is 0 Å². The molecule has 1 aromatic heterocycles. The van der Waals surface area contributed by atoms with E-state index in [4.69, 9.17) is 21.3 Å². The first kappa shape index (κ1) is 22.2. The van der Waals surface area contributed by atoms with Crippen molar-refractivity contribution in [3.05, 3.63) is 59.4 Å². The molecule has 5 nitrogen and oxygen atoms in total. The van der Waals surface area contributed by atoms with E-state index >= 15 is 0 Å². The highest BCUT2D eigenvalue weighted by Gasteiger charge is 2.09. The van der Waals surface area contributed by atoms with Crippen LogP contribution in [0.4, 0.5) is 0 Å². The molecule has 3 rings (SSSR count). The fourth-order valence-corrected chi connectivity index (χ4v) is 3.55. The van der Waals surface area contributed by atoms with Gasteiger partial charge < -0.3 is 14.6 Å². The molecule has 1 N–H and O–H groups in total. The molecule has 3 aromatic rings. The quantitative estimate of drug-likeness (QED) is 0.394. The van der Waals surface area contributed by atoms with Crippen molar-refractivity contribution in [1.29, 1.82) is 0 Å². The van der Waals surface area contributed by atoms with E-state index in [2.05, 4.69) is 35.0 Å². The zero-order chi connectivity index (χ0) is 21.2. The van der Waals surface area contributed by atoms with E-state index in [1.54, 1.807) is 24.3 Å². The number of benzene rings is 2. The van der Waals surface area contributed by atoms with E-state index in [1.807, 2.05) is 6.07 Å². The SMILES string of the molecule is CCCCn1c(CCCCCNC(=O)COc2ccc(Cl)cc2)nc2ccccc21. The van der Waals surface area contributed by atoms with Gasteiger partial charge in [0.15, 0.2) is 6.61 Å². The Balaban J connectivity index is 1.36. The van der Waals surface area contributed by atoms with E-state index in [-0.39, 0.29) is 12.5 Å². The van der Waals surface area contributed by atoms with Gasteiger partial charge in [-0.1, -0.05) is 43.5 Å². The number of halogens is 1. The third-order valence-corrected chi connectivity index (χ3v) is 5.30. The number of carbonyl (C=O) groups excluding carboxylic acids is 1. The summed E-state index contributed by atoms with van der Waals surface area (Å²) in [5.41, 5.74) is 2.31. The molecule has 0 aliphatic rings. The minimum absolute atomic E-state index is 0.0169. The summed E-state index contributed by atoms with van der Waals surface area (Å²) in [5.74, 6) is 1.71. The van der Waals surface area contributed by atoms with E-state index < -0.39 is 0 Å². The Labute approximate surface area is 183 Å². The standard InChI is InChI=1S/C24H30ClN3O2/c1-2-3-17-28-22-10-7-6-9-21(22)27-23(28)11-5-4-8-16-26-24(29)18-30-20-14-12-19(25)13-15-20/h6-7,9-10,12-15H,2-5,8,11,16-18H2,1H3,(H,26,29). The number of nitrogens with zero attached hydrogens (tertiary/aromatic N) is 2. The van der Waals surface area contributed by atoms with Gasteiger partial charge in [-0.25, -0.2) is 4.98 Å². The van der Waals surface area contributed by atoms with Crippen molar-refractivity contribution in [1.82, 2.24) is 14.9 Å². The number of carbonyl (C=O) groups is 1. The zero-order valence-electron chi connectivity index (χ0n) is 17.6. The van der Waals surface area contributed by atoms with Crippen LogP contribution in [0, 0.1) is 0 Å². The number of hydrogen-bond acceptors (Lipinski definition) is 3. The summed E-state index contributed by atoms with van der Waals surface area (Å²) in [4.78, 5) is 16.7. The van der Waals surface area contributed by atoms with Crippen LogP contribution in [-0.2, 0) is 17.8 Å². The number of hydrogen-bond donors (Lipinski definition) is 1. The van der Waals surface area contributed by atoms with Crippen LogP contribution >= 0.6 is 11.6 Å². The summed E-state index contributed by atoms with van der Waals surface area (Å²) in [6, 6.07) is 15.4. The van der Waals surface area contributed by atoms with Gasteiger partial charge in [-0.3, -0.25) is 4.79 Å². The topological polar surface area (TPSA) is 56.2 Å². The second-order valence-corrected chi connectivity index (χ2v) is 7.86. The highest BCUT2D eigenvalue weighted by molar-refractivity contribution is 6.30. The van der Waals surface area contributed by atoms with Crippen molar-refractivity contribution < 1.29 is 9.53 Å². The molecule has 1 heterocycles. The molecule has 0 unspecified atom stereocenters. The fraction of sp³-hybridized carbons (Fsp3) is 0.417. The molecular formula is C24H30ClN3O2. The molecule has 1 amide bonds. The number of para-hydroxylation sites is 2. The Hall–Kier alpha value is -2.53. The molecule has 0 atom stereocenters. The molecule has 0 fully saturated rings. The maximum atomic E-state index is 11.9. The molecule has 0 bridgehead atoms. The Morgan fingerprint density at radius 2 is 1.87 bits per heavy atom. The predicted molar refractivity (Wildman–Crippen MR) is 122 cm³/mol. The van der Waals surface area contributed by atoms with Crippen molar-refractivity contribution in [3.63, 3.8) is 0 Å². The number of amides is 1. The Morgan fingerprint density at radius 3 is 2.67 bits per heavy atom. The number of imidazole rings is 1. The zero-order valence-corrected chi connectivity index (χ0v) is 18.3. The lowest BCUT2D eigenvalue weighted by Gasteiger charge is -2.09. The van der Waals surface area contributed by atoms with Crippen molar-refractivity contribution >= 4 is 28.5 Å². The first-order chi connectivity index (χ1) is 14.7. The lowest BCUT2D eigenvalue weighted by atomic mass is 10.2. The van der Waals surface area contributed by atoms with Crippen LogP contribution in [0.15, 0.2) is 48.5 Å². The molecule has 0 spiro atoms. The Kier molecular flexibility index (Phi) is 8.57. The van der Waals surface area contributed by atoms with Gasteiger partial charge in [0, 0.05) is 24.5 Å². The maximum absolute atomic E-state index is 11.9. The molecule has 0 saturated carbocycles. The number of nitrogens with one attached hydrogen (secondary N) is 1. The molecule has 0 saturated heterocycles. The van der Waals surface area contributed by atoms with Gasteiger partial charge in [-0.05, 0) is 55.7 Å². The van der Waals surface area contributed by atoms with Crippen molar-refractivity contribution in [2.75, 3.05) is 13.2 Å². The molecule has 30 heavy (non-hydrogen) atoms. The van der Waals surface area contributed by atoms with Crippen LogP contribution in [0.1, 0.15) is 44.9 Å². The van der Waals surface area contributed by atoms with Crippen LogP contribution in [0.25, 0.3) is 11.0 Å². The summed E-state index contributed by atoms with van der Waals surface area (Å²) in [6.07, 6.45) is 6.36. The van der Waals surface area contributed by atoms with Crippen LogP contribution in [0.2, 0.25) is 5.02 Å². The molecule has 6 heteroatoms. The Bertz CT molecular complexity index is 937. The highest BCUT2D eigenvalue weighted by atomic mass is 35.5. The summed E-state index contributed by atoms with van der Waals surface area (Å²) >= 11 is 5.84. The minimum atomic E-state index is -0.105. The summed E-state index contributed by atoms with van der Waals surface area (Å²) in [6.45, 7) is 3.92. The maximum Gasteiger partial charge on any atom is 0.257 e. The van der Waals surface area contributed by atoms with Crippen molar-refractivity contribution in [2.24, 2.45) is 0 Å². The average Bonchev–Trinajstić information content (AvgIpc) is 3.11. The van der Waals surface area contributed by atoms with E-state index in [0.717, 1.165) is 44.2 Å². The fourth-order valence-electron chi connectivity index (χ4n) is 3.43. The molecule has 0 aliphatic heterocycles. The summed E-state index contributed by atoms with van der Waals surface area (Å²) in [5, 5.41) is 3.56. The van der Waals surface area contributed by atoms with Crippen molar-refractivity contribution in [2.45, 2.75) is 52.0 Å². The number of rotatable bonds is 12. The third kappa shape index (κ3) is 6.49. The Morgan fingerprint density at radius 1 is 1.07 bits per heavy atom. The van der Waals surface area contributed by atoms with E-state index in [0.29, 0.717) is 17.3 Å². The largest absolute Gasteiger partial charge is 0.484 e. The van der Waals surface area contributed by atoms with Crippen LogP contribution < -0.4 is 10.1 Å². The van der Waals surface area contributed by atoms with Crippen molar-refractivity contribution in [3.8, 4) is 5.75 Å². The number of ether oxygens (including phenoxy) is 1. The first-order valence-corrected chi connectivity index (χ1v) is 11.1. The van der Waals surface area contributed by atoms with E-state index in [9.17, 15) is 4.79 Å². The second kappa shape index (κ2) is 11.6. The lowest BCUT2D eigenvalue weighted by molar-refractivity contribution is -0.123. The molecule has 160 valence electrons. The monoisotopic (exact) mass is 427 g/mol. The third-order valence-electron chi connectivity index (χ3n) is 5.05. The normalized spacial score (nSPS) is 11.0. The van der Waals surface area contributed by atoms with Gasteiger partial charge in [0.05, 0.1) is 11.0 Å². The minimum Gasteiger partial charge on any atom is -0.484 e. The van der Waals surface area contributed by atoms with Gasteiger partial charge in [0.2, 0.25) is 0 Å². The molecule has 0 radical (unpaired) electrons. The van der Waals surface area contributed by atoms with Crippen LogP contribution in [-0.4, -0.2) is 28.6 Å². The van der Waals surface area contributed by atoms with Crippen LogP contribution in [0.5, 0.6) is 5.75 Å². The highest BCUT2D eigenvalue weighted by Crippen LogP contribution is 2.19. The van der Waals surface area contributed by atoms with Gasteiger partial charge in [0.25, 0.3) is 5.91 Å². The van der Waals surface area contributed by atoms with Gasteiger partial charge >= 0.3 is 0 Å². The number of aromatic nitrogens is 2. The molecular weight excluding hydrogens is 398 g/mol. The van der Waals surface area contributed by atoms with Gasteiger partial charge in [0.1, 0.15) is 11.6 Å². The summed E-state index contributed by atoms with van der Waals surface area (Å²) < 4.78 is 7.82. The predicted octanol–water partition coefficient (Wildman–Crippen LogP) is 5.40. The second-order valence-electron chi connectivity index (χ2n) is 7.43. The van der Waals surface area contributed by atoms with Gasteiger partial charge in [-0.15, -0.1) is 0 Å².